The van der Waals surface area contributed by atoms with Gasteiger partial charge in [-0.3, -0.25) is 4.21 Å². The summed E-state index contributed by atoms with van der Waals surface area (Å²) in [6, 6.07) is 8.08. The standard InChI is InChI=1S/C14H21NO2S/c1-11(8-15)9-18(16)10-12-6-7-17-14-5-3-2-4-13(12)14/h2-5,11-12H,6-10,15H2,1H3. The number of para-hydroxylation sites is 1. The van der Waals surface area contributed by atoms with Gasteiger partial charge in [-0.15, -0.1) is 0 Å². The highest BCUT2D eigenvalue weighted by Crippen LogP contribution is 2.33. The zero-order chi connectivity index (χ0) is 13.0. The molecule has 3 atom stereocenters. The maximum atomic E-state index is 12.1. The highest BCUT2D eigenvalue weighted by atomic mass is 32.2. The number of fused-ring (bicyclic) bond motifs is 1. The molecule has 1 aromatic carbocycles. The van der Waals surface area contributed by atoms with Crippen LogP contribution >= 0.6 is 0 Å². The zero-order valence-electron chi connectivity index (χ0n) is 10.8. The largest absolute Gasteiger partial charge is 0.493 e. The van der Waals surface area contributed by atoms with Crippen molar-refractivity contribution in [2.75, 3.05) is 24.7 Å². The van der Waals surface area contributed by atoms with Gasteiger partial charge in [0, 0.05) is 28.2 Å². The quantitative estimate of drug-likeness (QED) is 0.886. The topological polar surface area (TPSA) is 52.3 Å². The van der Waals surface area contributed by atoms with Gasteiger partial charge in [-0.25, -0.2) is 0 Å². The molecule has 0 fully saturated rings. The molecular weight excluding hydrogens is 246 g/mol. The van der Waals surface area contributed by atoms with Crippen LogP contribution in [0.15, 0.2) is 24.3 Å². The molecule has 1 aliphatic rings. The third-order valence-electron chi connectivity index (χ3n) is 3.34. The second-order valence-electron chi connectivity index (χ2n) is 4.99. The van der Waals surface area contributed by atoms with Crippen LogP contribution in [0, 0.1) is 5.92 Å². The molecule has 0 radical (unpaired) electrons. The fourth-order valence-electron chi connectivity index (χ4n) is 2.27. The van der Waals surface area contributed by atoms with Crippen molar-refractivity contribution in [1.82, 2.24) is 0 Å². The lowest BCUT2D eigenvalue weighted by atomic mass is 9.95. The molecule has 0 aromatic heterocycles. The van der Waals surface area contributed by atoms with Crippen LogP contribution in [0.3, 0.4) is 0 Å². The number of hydrogen-bond acceptors (Lipinski definition) is 3. The summed E-state index contributed by atoms with van der Waals surface area (Å²) < 4.78 is 17.7. The van der Waals surface area contributed by atoms with Crippen LogP contribution in [0.5, 0.6) is 5.75 Å². The first-order chi connectivity index (χ1) is 8.70. The van der Waals surface area contributed by atoms with Gasteiger partial charge in [-0.05, 0) is 30.5 Å². The minimum absolute atomic E-state index is 0.334. The molecule has 3 unspecified atom stereocenters. The van der Waals surface area contributed by atoms with Gasteiger partial charge in [-0.2, -0.15) is 0 Å². The number of benzene rings is 1. The van der Waals surface area contributed by atoms with Crippen molar-refractivity contribution in [2.24, 2.45) is 11.7 Å². The SMILES string of the molecule is CC(CN)CS(=O)CC1CCOc2ccccc21. The Bertz CT molecular complexity index is 422. The molecule has 1 aromatic rings. The summed E-state index contributed by atoms with van der Waals surface area (Å²) in [5, 5.41) is 0. The molecule has 0 bridgehead atoms. The van der Waals surface area contributed by atoms with Crippen molar-refractivity contribution in [3.63, 3.8) is 0 Å². The average molecular weight is 267 g/mol. The van der Waals surface area contributed by atoms with Crippen molar-refractivity contribution in [3.8, 4) is 5.75 Å². The Hall–Kier alpha value is -0.870. The number of ether oxygens (including phenoxy) is 1. The Morgan fingerprint density at radius 1 is 1.50 bits per heavy atom. The molecule has 0 amide bonds. The monoisotopic (exact) mass is 267 g/mol. The number of rotatable bonds is 5. The highest BCUT2D eigenvalue weighted by Gasteiger charge is 2.23. The molecule has 100 valence electrons. The van der Waals surface area contributed by atoms with E-state index in [-0.39, 0.29) is 0 Å². The summed E-state index contributed by atoms with van der Waals surface area (Å²) >= 11 is 0. The lowest BCUT2D eigenvalue weighted by molar-refractivity contribution is 0.273. The summed E-state index contributed by atoms with van der Waals surface area (Å²) in [5.41, 5.74) is 6.78. The molecule has 18 heavy (non-hydrogen) atoms. The van der Waals surface area contributed by atoms with Crippen LogP contribution in [0.25, 0.3) is 0 Å². The summed E-state index contributed by atoms with van der Waals surface area (Å²) in [6.07, 6.45) is 0.958. The van der Waals surface area contributed by atoms with Gasteiger partial charge in [0.15, 0.2) is 0 Å². The highest BCUT2D eigenvalue weighted by molar-refractivity contribution is 7.85. The van der Waals surface area contributed by atoms with Gasteiger partial charge in [0.25, 0.3) is 0 Å². The van der Waals surface area contributed by atoms with E-state index in [0.717, 1.165) is 24.5 Å². The van der Waals surface area contributed by atoms with E-state index in [1.54, 1.807) is 0 Å². The van der Waals surface area contributed by atoms with Crippen molar-refractivity contribution >= 4 is 10.8 Å². The number of hydrogen-bond donors (Lipinski definition) is 1. The van der Waals surface area contributed by atoms with E-state index in [4.69, 9.17) is 10.5 Å². The van der Waals surface area contributed by atoms with E-state index in [1.165, 1.54) is 5.56 Å². The Morgan fingerprint density at radius 3 is 3.06 bits per heavy atom. The summed E-state index contributed by atoms with van der Waals surface area (Å²) in [7, 11) is -0.790. The maximum absolute atomic E-state index is 12.1. The molecule has 2 N–H and O–H groups in total. The van der Waals surface area contributed by atoms with Gasteiger partial charge in [0.05, 0.1) is 6.61 Å². The van der Waals surface area contributed by atoms with Crippen LogP contribution in [0.1, 0.15) is 24.8 Å². The summed E-state index contributed by atoms with van der Waals surface area (Å²) in [4.78, 5) is 0. The normalized spacial score (nSPS) is 21.8. The fraction of sp³-hybridized carbons (Fsp3) is 0.571. The Morgan fingerprint density at radius 2 is 2.28 bits per heavy atom. The first-order valence-electron chi connectivity index (χ1n) is 6.47. The van der Waals surface area contributed by atoms with Gasteiger partial charge in [-0.1, -0.05) is 25.1 Å². The van der Waals surface area contributed by atoms with Crippen LogP contribution < -0.4 is 10.5 Å². The van der Waals surface area contributed by atoms with Crippen molar-refractivity contribution in [1.29, 1.82) is 0 Å². The lowest BCUT2D eigenvalue weighted by Gasteiger charge is -2.25. The molecular formula is C14H21NO2S. The van der Waals surface area contributed by atoms with E-state index in [1.807, 2.05) is 18.2 Å². The third kappa shape index (κ3) is 3.33. The van der Waals surface area contributed by atoms with Crippen molar-refractivity contribution < 1.29 is 8.95 Å². The van der Waals surface area contributed by atoms with Gasteiger partial charge in [0.1, 0.15) is 5.75 Å². The Kier molecular flexibility index (Phi) is 4.78. The molecule has 1 aliphatic heterocycles. The molecule has 0 aliphatic carbocycles. The maximum Gasteiger partial charge on any atom is 0.122 e. The van der Waals surface area contributed by atoms with Gasteiger partial charge >= 0.3 is 0 Å². The summed E-state index contributed by atoms with van der Waals surface area (Å²) in [6.45, 7) is 3.39. The van der Waals surface area contributed by atoms with Crippen LogP contribution in [0.2, 0.25) is 0 Å². The number of nitrogens with two attached hydrogens (primary N) is 1. The van der Waals surface area contributed by atoms with Crippen LogP contribution in [-0.2, 0) is 10.8 Å². The predicted molar refractivity (Wildman–Crippen MR) is 75.4 cm³/mol. The van der Waals surface area contributed by atoms with Gasteiger partial charge in [0.2, 0.25) is 0 Å². The van der Waals surface area contributed by atoms with Crippen molar-refractivity contribution in [3.05, 3.63) is 29.8 Å². The fourth-order valence-corrected chi connectivity index (χ4v) is 3.97. The van der Waals surface area contributed by atoms with Crippen molar-refractivity contribution in [2.45, 2.75) is 19.3 Å². The first kappa shape index (κ1) is 13.6. The second-order valence-corrected chi connectivity index (χ2v) is 6.53. The second kappa shape index (κ2) is 6.34. The molecule has 0 spiro atoms. The minimum Gasteiger partial charge on any atom is -0.493 e. The molecule has 2 rings (SSSR count). The smallest absolute Gasteiger partial charge is 0.122 e. The van der Waals surface area contributed by atoms with E-state index < -0.39 is 10.8 Å². The third-order valence-corrected chi connectivity index (χ3v) is 5.06. The molecule has 3 nitrogen and oxygen atoms in total. The first-order valence-corrected chi connectivity index (χ1v) is 7.96. The zero-order valence-corrected chi connectivity index (χ0v) is 11.6. The minimum atomic E-state index is -0.790. The molecule has 0 saturated carbocycles. The molecule has 4 heteroatoms. The lowest BCUT2D eigenvalue weighted by Crippen LogP contribution is -2.23. The Labute approximate surface area is 111 Å². The van der Waals surface area contributed by atoms with Gasteiger partial charge < -0.3 is 10.5 Å². The predicted octanol–water partition coefficient (Wildman–Crippen LogP) is 1.90. The molecule has 0 saturated heterocycles. The Balaban J connectivity index is 2.01. The van der Waals surface area contributed by atoms with E-state index in [2.05, 4.69) is 13.0 Å². The van der Waals surface area contributed by atoms with E-state index in [0.29, 0.717) is 24.1 Å². The average Bonchev–Trinajstić information content (AvgIpc) is 2.39. The molecule has 1 heterocycles. The van der Waals surface area contributed by atoms with E-state index >= 15 is 0 Å². The van der Waals surface area contributed by atoms with Crippen LogP contribution in [0.4, 0.5) is 0 Å². The van der Waals surface area contributed by atoms with Crippen LogP contribution in [-0.4, -0.2) is 28.9 Å². The van der Waals surface area contributed by atoms with E-state index in [9.17, 15) is 4.21 Å². The summed E-state index contributed by atoms with van der Waals surface area (Å²) in [5.74, 6) is 3.08.